The Morgan fingerprint density at radius 1 is 0.971 bits per heavy atom. The molecule has 178 valence electrons. The molecular formula is C29H29N3O3. The summed E-state index contributed by atoms with van der Waals surface area (Å²) in [6.07, 6.45) is 0.724. The molecule has 1 aromatic heterocycles. The molecule has 6 nitrogen and oxygen atoms in total. The van der Waals surface area contributed by atoms with E-state index in [0.717, 1.165) is 45.6 Å². The standard InChI is InChI=1S/C29H29N3O3/c1-18-12-19(2)28(20(3)13-18)30-27-16-24-23-15-26(35-17-21-8-6-5-7-9-21)25(34-4)14-22(23)10-11-32(24)29(33)31-27/h5-9,12-16H,10-11,17H2,1-4H3,(H,30,31,33). The van der Waals surface area contributed by atoms with Crippen molar-refractivity contribution in [2.24, 2.45) is 0 Å². The number of aromatic nitrogens is 2. The number of aryl methyl sites for hydroxylation is 4. The van der Waals surface area contributed by atoms with Crippen LogP contribution in [-0.2, 0) is 19.6 Å². The lowest BCUT2D eigenvalue weighted by Crippen LogP contribution is -2.28. The average molecular weight is 468 g/mol. The van der Waals surface area contributed by atoms with Crippen molar-refractivity contribution in [1.29, 1.82) is 0 Å². The van der Waals surface area contributed by atoms with Crippen molar-refractivity contribution in [2.45, 2.75) is 40.3 Å². The Morgan fingerprint density at radius 2 is 1.71 bits per heavy atom. The van der Waals surface area contributed by atoms with Crippen molar-refractivity contribution in [1.82, 2.24) is 9.55 Å². The molecule has 1 N–H and O–H groups in total. The molecule has 3 aromatic carbocycles. The molecule has 5 rings (SSSR count). The number of hydrogen-bond donors (Lipinski definition) is 1. The number of nitrogens with one attached hydrogen (secondary N) is 1. The third kappa shape index (κ3) is 4.52. The Labute approximate surface area is 205 Å². The van der Waals surface area contributed by atoms with Gasteiger partial charge < -0.3 is 14.8 Å². The van der Waals surface area contributed by atoms with Crippen molar-refractivity contribution in [3.63, 3.8) is 0 Å². The third-order valence-electron chi connectivity index (χ3n) is 6.45. The average Bonchev–Trinajstić information content (AvgIpc) is 2.85. The first-order valence-electron chi connectivity index (χ1n) is 11.8. The molecule has 4 aromatic rings. The van der Waals surface area contributed by atoms with E-state index in [4.69, 9.17) is 9.47 Å². The maximum Gasteiger partial charge on any atom is 0.350 e. The van der Waals surface area contributed by atoms with E-state index in [1.165, 1.54) is 5.56 Å². The maximum atomic E-state index is 13.0. The minimum absolute atomic E-state index is 0.263. The number of nitrogens with zero attached hydrogens (tertiary/aromatic N) is 2. The number of ether oxygens (including phenoxy) is 2. The van der Waals surface area contributed by atoms with Gasteiger partial charge in [0.05, 0.1) is 12.8 Å². The predicted molar refractivity (Wildman–Crippen MR) is 139 cm³/mol. The van der Waals surface area contributed by atoms with Gasteiger partial charge in [-0.1, -0.05) is 48.0 Å². The Bertz CT molecular complexity index is 1440. The second kappa shape index (κ2) is 9.29. The molecule has 0 bridgehead atoms. The molecule has 6 heteroatoms. The van der Waals surface area contributed by atoms with E-state index < -0.39 is 0 Å². The van der Waals surface area contributed by atoms with E-state index in [-0.39, 0.29) is 5.69 Å². The maximum absolute atomic E-state index is 13.0. The summed E-state index contributed by atoms with van der Waals surface area (Å²) < 4.78 is 13.5. The van der Waals surface area contributed by atoms with E-state index in [1.807, 2.05) is 48.5 Å². The van der Waals surface area contributed by atoms with Gasteiger partial charge in [0.2, 0.25) is 0 Å². The molecule has 0 fully saturated rings. The van der Waals surface area contributed by atoms with Crippen molar-refractivity contribution >= 4 is 11.5 Å². The molecule has 0 aliphatic carbocycles. The van der Waals surface area contributed by atoms with Crippen LogP contribution in [0, 0.1) is 20.8 Å². The molecule has 1 aliphatic heterocycles. The van der Waals surface area contributed by atoms with E-state index in [1.54, 1.807) is 11.7 Å². The van der Waals surface area contributed by atoms with E-state index in [0.29, 0.717) is 30.5 Å². The van der Waals surface area contributed by atoms with E-state index in [2.05, 4.69) is 43.2 Å². The predicted octanol–water partition coefficient (Wildman–Crippen LogP) is 5.72. The van der Waals surface area contributed by atoms with Gasteiger partial charge in [-0.15, -0.1) is 0 Å². The van der Waals surface area contributed by atoms with Crippen LogP contribution in [0.3, 0.4) is 0 Å². The molecule has 0 saturated carbocycles. The van der Waals surface area contributed by atoms with Gasteiger partial charge in [0.1, 0.15) is 12.4 Å². The first-order chi connectivity index (χ1) is 16.9. The number of methoxy groups -OCH3 is 1. The van der Waals surface area contributed by atoms with Crippen LogP contribution in [0.25, 0.3) is 11.3 Å². The zero-order valence-electron chi connectivity index (χ0n) is 20.5. The van der Waals surface area contributed by atoms with Crippen LogP contribution < -0.4 is 20.5 Å². The van der Waals surface area contributed by atoms with Crippen LogP contribution >= 0.6 is 0 Å². The normalized spacial score (nSPS) is 12.0. The highest BCUT2D eigenvalue weighted by Crippen LogP contribution is 2.39. The van der Waals surface area contributed by atoms with Crippen LogP contribution in [0.1, 0.15) is 27.8 Å². The summed E-state index contributed by atoms with van der Waals surface area (Å²) >= 11 is 0. The summed E-state index contributed by atoms with van der Waals surface area (Å²) in [4.78, 5) is 17.3. The molecule has 0 spiro atoms. The first-order valence-corrected chi connectivity index (χ1v) is 11.8. The minimum atomic E-state index is -0.263. The SMILES string of the molecule is COc1cc2c(cc1OCc1ccccc1)-c1cc(Nc3c(C)cc(C)cc3C)nc(=O)n1CC2. The van der Waals surface area contributed by atoms with Crippen LogP contribution in [-0.4, -0.2) is 16.7 Å². The van der Waals surface area contributed by atoms with Crippen LogP contribution in [0.5, 0.6) is 11.5 Å². The van der Waals surface area contributed by atoms with Crippen molar-refractivity contribution in [3.05, 3.63) is 99.0 Å². The Hall–Kier alpha value is -4.06. The van der Waals surface area contributed by atoms with Gasteiger partial charge >= 0.3 is 5.69 Å². The highest BCUT2D eigenvalue weighted by molar-refractivity contribution is 5.74. The van der Waals surface area contributed by atoms with Gasteiger partial charge in [-0.05, 0) is 61.6 Å². The molecular weight excluding hydrogens is 438 g/mol. The zero-order valence-corrected chi connectivity index (χ0v) is 20.5. The van der Waals surface area contributed by atoms with Gasteiger partial charge in [-0.3, -0.25) is 4.57 Å². The van der Waals surface area contributed by atoms with Crippen LogP contribution in [0.4, 0.5) is 11.5 Å². The van der Waals surface area contributed by atoms with Crippen LogP contribution in [0.2, 0.25) is 0 Å². The molecule has 0 saturated heterocycles. The monoisotopic (exact) mass is 467 g/mol. The number of benzene rings is 3. The van der Waals surface area contributed by atoms with Crippen molar-refractivity contribution in [2.75, 3.05) is 12.4 Å². The highest BCUT2D eigenvalue weighted by Gasteiger charge is 2.22. The van der Waals surface area contributed by atoms with Gasteiger partial charge in [-0.25, -0.2) is 4.79 Å². The zero-order chi connectivity index (χ0) is 24.5. The van der Waals surface area contributed by atoms with Gasteiger partial charge in [0.15, 0.2) is 11.5 Å². The minimum Gasteiger partial charge on any atom is -0.493 e. The fourth-order valence-corrected chi connectivity index (χ4v) is 4.80. The fraction of sp³-hybridized carbons (Fsp3) is 0.241. The Kier molecular flexibility index (Phi) is 6.03. The van der Waals surface area contributed by atoms with Gasteiger partial charge in [-0.2, -0.15) is 4.98 Å². The number of anilines is 2. The molecule has 0 unspecified atom stereocenters. The summed E-state index contributed by atoms with van der Waals surface area (Å²) in [6.45, 7) is 7.20. The summed E-state index contributed by atoms with van der Waals surface area (Å²) in [5.74, 6) is 1.87. The molecule has 1 aliphatic rings. The lowest BCUT2D eigenvalue weighted by molar-refractivity contribution is 0.284. The third-order valence-corrected chi connectivity index (χ3v) is 6.45. The second-order valence-corrected chi connectivity index (χ2v) is 9.04. The number of rotatable bonds is 6. The van der Waals surface area contributed by atoms with Gasteiger partial charge in [0.25, 0.3) is 0 Å². The number of hydrogen-bond acceptors (Lipinski definition) is 5. The molecule has 35 heavy (non-hydrogen) atoms. The van der Waals surface area contributed by atoms with Crippen molar-refractivity contribution < 1.29 is 9.47 Å². The quantitative estimate of drug-likeness (QED) is 0.393. The Balaban J connectivity index is 1.54. The molecule has 2 heterocycles. The Morgan fingerprint density at radius 3 is 2.43 bits per heavy atom. The van der Waals surface area contributed by atoms with E-state index >= 15 is 0 Å². The molecule has 0 atom stereocenters. The van der Waals surface area contributed by atoms with Crippen LogP contribution in [0.15, 0.2) is 65.5 Å². The number of fused-ring (bicyclic) bond motifs is 3. The molecule has 0 amide bonds. The summed E-state index contributed by atoms with van der Waals surface area (Å²) in [5, 5.41) is 3.39. The largest absolute Gasteiger partial charge is 0.493 e. The van der Waals surface area contributed by atoms with Gasteiger partial charge in [0, 0.05) is 23.9 Å². The van der Waals surface area contributed by atoms with E-state index in [9.17, 15) is 4.79 Å². The smallest absolute Gasteiger partial charge is 0.350 e. The lowest BCUT2D eigenvalue weighted by atomic mass is 9.96. The first kappa shape index (κ1) is 22.7. The fourth-order valence-electron chi connectivity index (χ4n) is 4.80. The highest BCUT2D eigenvalue weighted by atomic mass is 16.5. The summed E-state index contributed by atoms with van der Waals surface area (Å²) in [6, 6.07) is 20.2. The van der Waals surface area contributed by atoms with Crippen molar-refractivity contribution in [3.8, 4) is 22.8 Å². The lowest BCUT2D eigenvalue weighted by Gasteiger charge is -2.24. The summed E-state index contributed by atoms with van der Waals surface area (Å²) in [7, 11) is 1.65. The molecule has 0 radical (unpaired) electrons. The topological polar surface area (TPSA) is 65.4 Å². The summed E-state index contributed by atoms with van der Waals surface area (Å²) in [5.41, 5.74) is 8.12. The second-order valence-electron chi connectivity index (χ2n) is 9.04.